The zero-order valence-electron chi connectivity index (χ0n) is 15.8. The fraction of sp³-hybridized carbons (Fsp3) is 0.143. The number of nitrogens with zero attached hydrogens (tertiary/aromatic N) is 3. The van der Waals surface area contributed by atoms with Crippen LogP contribution in [-0.4, -0.2) is 27.2 Å². The predicted molar refractivity (Wildman–Crippen MR) is 109 cm³/mol. The van der Waals surface area contributed by atoms with Gasteiger partial charge in [0.05, 0.1) is 4.53 Å². The molecule has 1 atom stereocenters. The van der Waals surface area contributed by atoms with E-state index in [1.54, 1.807) is 24.3 Å². The number of fused-ring (bicyclic) bond motifs is 2. The van der Waals surface area contributed by atoms with Crippen LogP contribution in [0, 0.1) is 0 Å². The number of carbonyl (C=O) groups excluding carboxylic acids is 1. The zero-order chi connectivity index (χ0) is 20.7. The summed E-state index contributed by atoms with van der Waals surface area (Å²) in [6.07, 6.45) is 1.23. The molecule has 2 aromatic heterocycles. The van der Waals surface area contributed by atoms with Gasteiger partial charge in [-0.2, -0.15) is 9.50 Å². The van der Waals surface area contributed by atoms with Crippen LogP contribution in [0.4, 0.5) is 0 Å². The van der Waals surface area contributed by atoms with Crippen LogP contribution in [0.15, 0.2) is 53.3 Å². The van der Waals surface area contributed by atoms with E-state index in [0.717, 1.165) is 5.56 Å². The molecule has 5 rings (SSSR count). The number of rotatable bonds is 3. The number of esters is 1. The standard InChI is InChI=1S/C21H15N3O5S/c1-12(25)28-14-6-4-5-13(9-14)10-18-20(26)24-21(30-18)22-19(23-24)17-11-27-15-7-2-3-8-16(15)29-17/h2-10,17H,11H2,1H3/b18-10-. The summed E-state index contributed by atoms with van der Waals surface area (Å²) in [6, 6.07) is 14.3. The highest BCUT2D eigenvalue weighted by Gasteiger charge is 2.27. The van der Waals surface area contributed by atoms with E-state index in [-0.39, 0.29) is 12.2 Å². The third-order valence-corrected chi connectivity index (χ3v) is 5.37. The van der Waals surface area contributed by atoms with Gasteiger partial charge in [0.25, 0.3) is 5.56 Å². The molecule has 1 unspecified atom stereocenters. The molecule has 0 N–H and O–H groups in total. The lowest BCUT2D eigenvalue weighted by atomic mass is 10.2. The summed E-state index contributed by atoms with van der Waals surface area (Å²) >= 11 is 1.23. The second-order valence-electron chi connectivity index (χ2n) is 6.61. The first-order chi connectivity index (χ1) is 14.6. The van der Waals surface area contributed by atoms with Crippen molar-refractivity contribution in [2.45, 2.75) is 13.0 Å². The van der Waals surface area contributed by atoms with E-state index in [2.05, 4.69) is 10.1 Å². The summed E-state index contributed by atoms with van der Waals surface area (Å²) in [5, 5.41) is 4.34. The van der Waals surface area contributed by atoms with E-state index in [0.29, 0.717) is 32.6 Å². The molecule has 0 amide bonds. The van der Waals surface area contributed by atoms with Gasteiger partial charge in [-0.25, -0.2) is 0 Å². The molecule has 0 saturated heterocycles. The van der Waals surface area contributed by atoms with Gasteiger partial charge < -0.3 is 14.2 Å². The van der Waals surface area contributed by atoms with Gasteiger partial charge in [0.15, 0.2) is 23.4 Å². The smallest absolute Gasteiger partial charge is 0.308 e. The molecule has 0 bridgehead atoms. The monoisotopic (exact) mass is 421 g/mol. The average molecular weight is 421 g/mol. The Bertz CT molecular complexity index is 1380. The Balaban J connectivity index is 1.46. The van der Waals surface area contributed by atoms with Gasteiger partial charge in [0, 0.05) is 6.92 Å². The van der Waals surface area contributed by atoms with E-state index in [1.807, 2.05) is 30.3 Å². The van der Waals surface area contributed by atoms with E-state index in [9.17, 15) is 9.59 Å². The van der Waals surface area contributed by atoms with Gasteiger partial charge in [-0.1, -0.05) is 35.6 Å². The third kappa shape index (κ3) is 3.39. The molecular weight excluding hydrogens is 406 g/mol. The Morgan fingerprint density at radius 3 is 2.87 bits per heavy atom. The summed E-state index contributed by atoms with van der Waals surface area (Å²) in [4.78, 5) is 28.8. The lowest BCUT2D eigenvalue weighted by molar-refractivity contribution is -0.131. The number of benzene rings is 2. The van der Waals surface area contributed by atoms with Crippen LogP contribution in [0.3, 0.4) is 0 Å². The first kappa shape index (κ1) is 18.3. The number of carbonyl (C=O) groups is 1. The lowest BCUT2D eigenvalue weighted by Crippen LogP contribution is -2.26. The molecule has 30 heavy (non-hydrogen) atoms. The van der Waals surface area contributed by atoms with Crippen LogP contribution in [0.25, 0.3) is 11.0 Å². The summed E-state index contributed by atoms with van der Waals surface area (Å²) < 4.78 is 18.5. The molecule has 1 aliphatic heterocycles. The Morgan fingerprint density at radius 1 is 1.23 bits per heavy atom. The van der Waals surface area contributed by atoms with Crippen LogP contribution < -0.4 is 24.3 Å². The van der Waals surface area contributed by atoms with E-state index >= 15 is 0 Å². The average Bonchev–Trinajstić information content (AvgIpc) is 3.27. The number of hydrogen-bond acceptors (Lipinski definition) is 8. The predicted octanol–water partition coefficient (Wildman–Crippen LogP) is 2.14. The normalized spacial score (nSPS) is 16.0. The van der Waals surface area contributed by atoms with Crippen molar-refractivity contribution in [2.24, 2.45) is 0 Å². The van der Waals surface area contributed by atoms with Gasteiger partial charge in [-0.15, -0.1) is 5.10 Å². The Kier molecular flexibility index (Phi) is 4.44. The molecule has 4 aromatic rings. The Labute approximate surface area is 174 Å². The van der Waals surface area contributed by atoms with Gasteiger partial charge in [-0.05, 0) is 35.9 Å². The molecule has 0 spiro atoms. The summed E-state index contributed by atoms with van der Waals surface area (Å²) in [6.45, 7) is 1.61. The molecule has 2 aromatic carbocycles. The van der Waals surface area contributed by atoms with Crippen molar-refractivity contribution < 1.29 is 19.0 Å². The minimum atomic E-state index is -0.487. The highest BCUT2D eigenvalue weighted by Crippen LogP contribution is 2.35. The maximum atomic E-state index is 12.8. The lowest BCUT2D eigenvalue weighted by Gasteiger charge is -2.24. The number of para-hydroxylation sites is 2. The molecule has 3 heterocycles. The fourth-order valence-corrected chi connectivity index (χ4v) is 4.03. The molecule has 0 radical (unpaired) electrons. The van der Waals surface area contributed by atoms with Crippen LogP contribution in [-0.2, 0) is 4.79 Å². The fourth-order valence-electron chi connectivity index (χ4n) is 3.12. The van der Waals surface area contributed by atoms with E-state index < -0.39 is 12.1 Å². The van der Waals surface area contributed by atoms with Crippen molar-refractivity contribution in [3.8, 4) is 17.2 Å². The first-order valence-corrected chi connectivity index (χ1v) is 9.96. The van der Waals surface area contributed by atoms with Crippen LogP contribution in [0.5, 0.6) is 17.2 Å². The molecule has 0 saturated carbocycles. The summed E-state index contributed by atoms with van der Waals surface area (Å²) in [7, 11) is 0. The second kappa shape index (κ2) is 7.27. The van der Waals surface area contributed by atoms with Gasteiger partial charge in [0.2, 0.25) is 4.96 Å². The number of thiazole rings is 1. The van der Waals surface area contributed by atoms with Gasteiger partial charge in [0.1, 0.15) is 12.4 Å². The molecule has 9 heteroatoms. The number of aromatic nitrogens is 3. The Hall–Kier alpha value is -3.72. The minimum absolute atomic E-state index is 0.269. The maximum absolute atomic E-state index is 12.8. The minimum Gasteiger partial charge on any atom is -0.485 e. The molecule has 8 nitrogen and oxygen atoms in total. The number of hydrogen-bond donors (Lipinski definition) is 0. The van der Waals surface area contributed by atoms with Gasteiger partial charge >= 0.3 is 5.97 Å². The van der Waals surface area contributed by atoms with E-state index in [4.69, 9.17) is 14.2 Å². The first-order valence-electron chi connectivity index (χ1n) is 9.15. The molecule has 0 aliphatic carbocycles. The SMILES string of the molecule is CC(=O)Oc1cccc(/C=c2\sc3nc(C4COc5ccccc5O4)nn3c2=O)c1. The third-order valence-electron chi connectivity index (χ3n) is 4.41. The second-order valence-corrected chi connectivity index (χ2v) is 7.62. The molecule has 150 valence electrons. The molecular formula is C21H15N3O5S. The maximum Gasteiger partial charge on any atom is 0.308 e. The van der Waals surface area contributed by atoms with E-state index in [1.165, 1.54) is 22.8 Å². The van der Waals surface area contributed by atoms with Gasteiger partial charge in [-0.3, -0.25) is 9.59 Å². The quantitative estimate of drug-likeness (QED) is 0.370. The highest BCUT2D eigenvalue weighted by molar-refractivity contribution is 7.15. The zero-order valence-corrected chi connectivity index (χ0v) is 16.6. The molecule has 1 aliphatic rings. The van der Waals surface area contributed by atoms with Crippen LogP contribution >= 0.6 is 11.3 Å². The highest BCUT2D eigenvalue weighted by atomic mass is 32.1. The topological polar surface area (TPSA) is 92.0 Å². The van der Waals surface area contributed by atoms with Crippen LogP contribution in [0.2, 0.25) is 0 Å². The van der Waals surface area contributed by atoms with Crippen molar-refractivity contribution in [3.63, 3.8) is 0 Å². The van der Waals surface area contributed by atoms with Crippen molar-refractivity contribution >= 4 is 28.3 Å². The number of ether oxygens (including phenoxy) is 3. The molecule has 0 fully saturated rings. The largest absolute Gasteiger partial charge is 0.485 e. The summed E-state index contributed by atoms with van der Waals surface area (Å²) in [5.41, 5.74) is 0.458. The Morgan fingerprint density at radius 2 is 2.07 bits per heavy atom. The summed E-state index contributed by atoms with van der Waals surface area (Å²) in [5.74, 6) is 1.71. The van der Waals surface area contributed by atoms with Crippen molar-refractivity contribution in [2.75, 3.05) is 6.61 Å². The van der Waals surface area contributed by atoms with Crippen molar-refractivity contribution in [1.82, 2.24) is 14.6 Å². The van der Waals surface area contributed by atoms with Crippen LogP contribution in [0.1, 0.15) is 24.4 Å². The van der Waals surface area contributed by atoms with Crippen molar-refractivity contribution in [3.05, 3.63) is 74.8 Å². The van der Waals surface area contributed by atoms with Crippen molar-refractivity contribution in [1.29, 1.82) is 0 Å².